The minimum atomic E-state index is -1.38. The average Bonchev–Trinajstić information content (AvgIpc) is 3.02. The Morgan fingerprint density at radius 3 is 1.74 bits per heavy atom. The largest absolute Gasteiger partial charge is 0.394 e. The first-order valence-corrected chi connectivity index (χ1v) is 17.6. The zero-order valence-electron chi connectivity index (χ0n) is 24.7. The minimum absolute atomic E-state index is 0.0815. The molecule has 0 aromatic heterocycles. The number of nitrogens with zero attached hydrogens (tertiary/aromatic N) is 1. The van der Waals surface area contributed by atoms with Crippen LogP contribution in [0.25, 0.3) is 0 Å². The minimum Gasteiger partial charge on any atom is -0.394 e. The normalized spacial score (nSPS) is 12.9. The third-order valence-electron chi connectivity index (χ3n) is 8.03. The summed E-state index contributed by atoms with van der Waals surface area (Å²) in [5.41, 5.74) is 0.324. The summed E-state index contributed by atoms with van der Waals surface area (Å²) in [6.45, 7) is 2.05. The van der Waals surface area contributed by atoms with Crippen LogP contribution in [0.4, 0.5) is 5.69 Å². The number of amides is 1. The summed E-state index contributed by atoms with van der Waals surface area (Å²) in [5.74, 6) is -0.212. The predicted octanol–water partition coefficient (Wildman–Crippen LogP) is 6.30. The van der Waals surface area contributed by atoms with Gasteiger partial charge in [-0.2, -0.15) is 0 Å². The van der Waals surface area contributed by atoms with E-state index >= 15 is 0 Å². The number of aliphatic hydroxyl groups is 2. The number of non-ortho nitro benzene ring substituents is 1. The first-order valence-electron chi connectivity index (χ1n) is 15.1. The zero-order chi connectivity index (χ0) is 30.2. The van der Waals surface area contributed by atoms with Crippen LogP contribution in [0.1, 0.15) is 75.9 Å². The van der Waals surface area contributed by atoms with Gasteiger partial charge in [0.15, 0.2) is 0 Å². The third kappa shape index (κ3) is 10.3. The number of nitrogens with one attached hydrogen (secondary N) is 1. The Morgan fingerprint density at radius 2 is 1.26 bits per heavy atom. The van der Waals surface area contributed by atoms with E-state index in [0.717, 1.165) is 19.3 Å². The Morgan fingerprint density at radius 1 is 0.786 bits per heavy atom. The summed E-state index contributed by atoms with van der Waals surface area (Å²) in [5, 5.41) is 36.6. The van der Waals surface area contributed by atoms with E-state index in [2.05, 4.69) is 72.6 Å². The summed E-state index contributed by atoms with van der Waals surface area (Å²) in [4.78, 5) is 22.7. The summed E-state index contributed by atoms with van der Waals surface area (Å²) in [6, 6.07) is 26.6. The van der Waals surface area contributed by atoms with Crippen LogP contribution in [0.5, 0.6) is 0 Å². The number of nitro groups is 1. The molecule has 0 saturated heterocycles. The zero-order valence-corrected chi connectivity index (χ0v) is 25.6. The summed E-state index contributed by atoms with van der Waals surface area (Å²) >= 11 is 0. The summed E-state index contributed by atoms with van der Waals surface area (Å²) in [7, 11) is -1.38. The Balaban J connectivity index is 1.26. The molecule has 0 aliphatic heterocycles. The molecule has 42 heavy (non-hydrogen) atoms. The van der Waals surface area contributed by atoms with Crippen LogP contribution in [-0.4, -0.2) is 46.5 Å². The van der Waals surface area contributed by atoms with E-state index in [-0.39, 0.29) is 11.6 Å². The molecule has 0 aliphatic rings. The smallest absolute Gasteiger partial charge is 0.269 e. The van der Waals surface area contributed by atoms with E-state index in [1.54, 1.807) is 0 Å². The molecular formula is C34H46N2O5P+. The topological polar surface area (TPSA) is 113 Å². The fourth-order valence-corrected chi connectivity index (χ4v) is 8.73. The molecule has 8 heteroatoms. The molecular weight excluding hydrogens is 547 g/mol. The van der Waals surface area contributed by atoms with Gasteiger partial charge >= 0.3 is 0 Å². The van der Waals surface area contributed by atoms with Crippen molar-refractivity contribution in [2.75, 3.05) is 19.4 Å². The lowest BCUT2D eigenvalue weighted by atomic mass is 10.0. The van der Waals surface area contributed by atoms with Crippen LogP contribution >= 0.6 is 7.26 Å². The molecule has 3 N–H and O–H groups in total. The standard InChI is InChI=1S/C34H45N2O5P/c1-42(30-17-11-9-12-18-30,31-19-13-10-14-20-31)26-16-8-6-4-2-3-5-7-15-21-33(38)35-32(27-37)34(39)28-22-24-29(25-23-28)36(40)41/h9-14,17-20,22-25,32,34,37,39H,2-8,15-16,21,26-27H2,1H3/p+1/t32-,34-/m1/s1. The molecule has 0 aliphatic carbocycles. The second-order valence-electron chi connectivity index (χ2n) is 11.2. The Hall–Kier alpha value is -3.12. The van der Waals surface area contributed by atoms with Gasteiger partial charge in [0, 0.05) is 18.6 Å². The molecule has 3 rings (SSSR count). The number of carbonyl (C=O) groups is 1. The average molecular weight is 594 g/mol. The predicted molar refractivity (Wildman–Crippen MR) is 173 cm³/mol. The highest BCUT2D eigenvalue weighted by Crippen LogP contribution is 2.53. The number of unbranched alkanes of at least 4 members (excludes halogenated alkanes) is 8. The molecule has 0 radical (unpaired) electrons. The number of hydrogen-bond acceptors (Lipinski definition) is 5. The number of carbonyl (C=O) groups excluding carboxylic acids is 1. The van der Waals surface area contributed by atoms with Crippen molar-refractivity contribution in [1.29, 1.82) is 0 Å². The number of nitro benzene ring substituents is 1. The van der Waals surface area contributed by atoms with E-state index in [0.29, 0.717) is 12.0 Å². The maximum absolute atomic E-state index is 12.4. The van der Waals surface area contributed by atoms with Crippen molar-refractivity contribution in [2.45, 2.75) is 76.4 Å². The van der Waals surface area contributed by atoms with Gasteiger partial charge in [0.2, 0.25) is 5.91 Å². The van der Waals surface area contributed by atoms with Gasteiger partial charge in [-0.15, -0.1) is 0 Å². The number of aliphatic hydroxyl groups excluding tert-OH is 2. The van der Waals surface area contributed by atoms with Crippen LogP contribution in [-0.2, 0) is 4.79 Å². The quantitative estimate of drug-likeness (QED) is 0.0653. The van der Waals surface area contributed by atoms with E-state index < -0.39 is 30.9 Å². The molecule has 3 aromatic carbocycles. The molecule has 1 amide bonds. The highest BCUT2D eigenvalue weighted by Gasteiger charge is 2.36. The van der Waals surface area contributed by atoms with E-state index in [1.165, 1.54) is 79.6 Å². The summed E-state index contributed by atoms with van der Waals surface area (Å²) < 4.78 is 0. The molecule has 0 heterocycles. The van der Waals surface area contributed by atoms with Gasteiger partial charge in [-0.05, 0) is 61.2 Å². The van der Waals surface area contributed by atoms with Crippen molar-refractivity contribution in [1.82, 2.24) is 5.32 Å². The molecule has 0 unspecified atom stereocenters. The van der Waals surface area contributed by atoms with Crippen LogP contribution < -0.4 is 15.9 Å². The molecule has 3 aromatic rings. The number of benzene rings is 3. The SMILES string of the molecule is C[P+](CCCCCCCCCCCC(=O)N[C@H](CO)[C@H](O)c1ccc([N+](=O)[O-])cc1)(c1ccccc1)c1ccccc1. The van der Waals surface area contributed by atoms with Gasteiger partial charge in [0.1, 0.15) is 6.10 Å². The second-order valence-corrected chi connectivity index (χ2v) is 15.0. The van der Waals surface area contributed by atoms with Gasteiger partial charge in [0.05, 0.1) is 48.3 Å². The lowest BCUT2D eigenvalue weighted by molar-refractivity contribution is -0.384. The van der Waals surface area contributed by atoms with Gasteiger partial charge in [-0.1, -0.05) is 74.9 Å². The lowest BCUT2D eigenvalue weighted by Gasteiger charge is -2.23. The first kappa shape index (κ1) is 33.4. The molecule has 0 fully saturated rings. The Bertz CT molecular complexity index is 1170. The van der Waals surface area contributed by atoms with E-state index in [4.69, 9.17) is 0 Å². The number of hydrogen-bond donors (Lipinski definition) is 3. The fourth-order valence-electron chi connectivity index (χ4n) is 5.40. The highest BCUT2D eigenvalue weighted by atomic mass is 31.2. The van der Waals surface area contributed by atoms with Crippen molar-refractivity contribution in [3.8, 4) is 0 Å². The van der Waals surface area contributed by atoms with E-state index in [1.807, 2.05) is 0 Å². The van der Waals surface area contributed by atoms with Gasteiger partial charge in [0.25, 0.3) is 5.69 Å². The molecule has 0 spiro atoms. The van der Waals surface area contributed by atoms with Crippen LogP contribution in [0, 0.1) is 10.1 Å². The monoisotopic (exact) mass is 593 g/mol. The molecule has 0 saturated carbocycles. The van der Waals surface area contributed by atoms with Crippen LogP contribution in [0.3, 0.4) is 0 Å². The third-order valence-corrected chi connectivity index (χ3v) is 12.1. The van der Waals surface area contributed by atoms with Crippen molar-refractivity contribution in [2.24, 2.45) is 0 Å². The maximum Gasteiger partial charge on any atom is 0.269 e. The lowest BCUT2D eigenvalue weighted by Crippen LogP contribution is -2.41. The van der Waals surface area contributed by atoms with Crippen molar-refractivity contribution in [3.63, 3.8) is 0 Å². The van der Waals surface area contributed by atoms with Crippen molar-refractivity contribution >= 4 is 29.5 Å². The van der Waals surface area contributed by atoms with Crippen molar-refractivity contribution < 1.29 is 19.9 Å². The maximum atomic E-state index is 12.4. The van der Waals surface area contributed by atoms with E-state index in [9.17, 15) is 25.1 Å². The van der Waals surface area contributed by atoms with Gasteiger partial charge in [-0.3, -0.25) is 14.9 Å². The first-order chi connectivity index (χ1) is 20.3. The van der Waals surface area contributed by atoms with Gasteiger partial charge < -0.3 is 15.5 Å². The Kier molecular flexibility index (Phi) is 14.1. The van der Waals surface area contributed by atoms with Gasteiger partial charge in [-0.25, -0.2) is 0 Å². The van der Waals surface area contributed by atoms with Crippen molar-refractivity contribution in [3.05, 3.63) is 101 Å². The molecule has 7 nitrogen and oxygen atoms in total. The molecule has 226 valence electrons. The van der Waals surface area contributed by atoms with Crippen LogP contribution in [0.2, 0.25) is 0 Å². The highest BCUT2D eigenvalue weighted by molar-refractivity contribution is 7.88. The Labute approximate surface area is 250 Å². The van der Waals surface area contributed by atoms with Crippen LogP contribution in [0.15, 0.2) is 84.9 Å². The summed E-state index contributed by atoms with van der Waals surface area (Å²) in [6.07, 6.45) is 10.6. The second kappa shape index (κ2) is 17.7. The molecule has 0 bridgehead atoms. The molecule has 2 atom stereocenters. The number of rotatable bonds is 19. The fraction of sp³-hybridized carbons (Fsp3) is 0.441.